The van der Waals surface area contributed by atoms with Crippen LogP contribution in [0.15, 0.2) is 146 Å². The molecular formula is C132H204O15. The molecule has 822 valence electrons. The highest BCUT2D eigenvalue weighted by Gasteiger charge is 2.67. The zero-order valence-electron chi connectivity index (χ0n) is 95.5. The Bertz CT molecular complexity index is 4800. The SMILES string of the molecule is C=CC1(C)C=C2CCC3C(C)(C(=O)OCCC(O)CC(OO)C4(C)CCCC5(C)C6CCC(C)(C=C)C=C6CCC45)CCCC3(C)C2CC1.C=CC1(C)C=C2CCC3C(C)(C(=O)OCCC(O)CC(OO)C4(C)CCCC5(C)C6CCC(C)(C=C)C=C6CCC45)CCCC3(C)C2CC1.C=CC1(C)CCC2C(=CCC3C(C)(C(=O)OCCC(O)CC(OO)C4(C)CCCC5(C)C6CCC(C)(C=C)CC6=CCC45)CCCC23C)C1. The molecular weight excluding hydrogens is 1830 g/mol. The van der Waals surface area contributed by atoms with E-state index in [1.165, 1.54) is 83.5 Å². The first kappa shape index (κ1) is 114. The third kappa shape index (κ3) is 20.9. The van der Waals surface area contributed by atoms with E-state index >= 15 is 0 Å². The van der Waals surface area contributed by atoms with E-state index < -0.39 is 52.9 Å². The molecule has 36 atom stereocenters. The van der Waals surface area contributed by atoms with Crippen LogP contribution < -0.4 is 0 Å². The number of rotatable bonds is 30. The molecule has 0 aliphatic heterocycles. The van der Waals surface area contributed by atoms with E-state index in [1.54, 1.807) is 33.4 Å². The number of ether oxygens (including phenoxy) is 3. The van der Waals surface area contributed by atoms with Gasteiger partial charge in [0, 0.05) is 76.4 Å². The fourth-order valence-electron chi connectivity index (χ4n) is 39.8. The molecule has 15 nitrogen and oxygen atoms in total. The zero-order chi connectivity index (χ0) is 106. The number of allylic oxidation sites excluding steroid dienone is 18. The summed E-state index contributed by atoms with van der Waals surface area (Å²) < 4.78 is 18.2. The maximum absolute atomic E-state index is 13.9. The number of carbonyl (C=O) groups is 3. The molecule has 0 aromatic carbocycles. The van der Waals surface area contributed by atoms with Crippen LogP contribution in [0, 0.1) is 168 Å². The second-order valence-corrected chi connectivity index (χ2v) is 58.0. The summed E-state index contributed by atoms with van der Waals surface area (Å²) in [6, 6.07) is 0. The van der Waals surface area contributed by atoms with Crippen LogP contribution in [0.2, 0.25) is 0 Å². The van der Waals surface area contributed by atoms with Crippen LogP contribution in [0.5, 0.6) is 0 Å². The summed E-state index contributed by atoms with van der Waals surface area (Å²) in [5.74, 6) is 5.04. The fourth-order valence-corrected chi connectivity index (χ4v) is 39.8. The Hall–Kier alpha value is -5.07. The summed E-state index contributed by atoms with van der Waals surface area (Å²) in [7, 11) is 0. The predicted octanol–water partition coefficient (Wildman–Crippen LogP) is 32.4. The van der Waals surface area contributed by atoms with Crippen LogP contribution in [0.3, 0.4) is 0 Å². The Labute approximate surface area is 890 Å². The first-order chi connectivity index (χ1) is 69.3. The van der Waals surface area contributed by atoms with Crippen molar-refractivity contribution < 1.29 is 74.3 Å². The fraction of sp³-hybridized carbons (Fsp3) is 0.795. The standard InChI is InChI=1S/3C44H68O5/c3*1-9-39(3)24-17-33-30(28-39)13-15-35-41(33,5)20-11-22-43(35,7)37(49-47)27-32(45)19-26-48-38(46)44(8)23-12-21-42(6)34-18-25-40(4,10-2)29-31(34)14-16-36(42)44/h2*9-10,28-29,32-37,45,47H,1-2,11-27H2,3-8H3;9-10,13-14,32-37,45,47H,1-2,11-12,15-29H2,3-8H3. The number of esters is 3. The van der Waals surface area contributed by atoms with Crippen molar-refractivity contribution in [3.8, 4) is 0 Å². The topological polar surface area (TPSA) is 228 Å². The van der Waals surface area contributed by atoms with Crippen LogP contribution in [0.1, 0.15) is 433 Å². The van der Waals surface area contributed by atoms with Gasteiger partial charge in [0.2, 0.25) is 0 Å². The summed E-state index contributed by atoms with van der Waals surface area (Å²) in [6.07, 6.45) is 71.9. The molecule has 0 saturated heterocycles. The van der Waals surface area contributed by atoms with Crippen LogP contribution in [-0.2, 0) is 43.3 Å². The molecule has 15 heteroatoms. The van der Waals surface area contributed by atoms with Gasteiger partial charge in [-0.3, -0.25) is 30.2 Å². The second kappa shape index (κ2) is 43.1. The molecule has 0 spiro atoms. The Balaban J connectivity index is 0.000000158. The van der Waals surface area contributed by atoms with Gasteiger partial charge in [-0.25, -0.2) is 14.7 Å². The van der Waals surface area contributed by atoms with Crippen molar-refractivity contribution in [1.29, 1.82) is 0 Å². The molecule has 18 aliphatic carbocycles. The molecule has 18 aliphatic rings. The quantitative estimate of drug-likeness (QED) is 0.0129. The molecule has 12 fully saturated rings. The molecule has 0 aromatic rings. The number of fused-ring (bicyclic) bond motifs is 18. The Kier molecular flexibility index (Phi) is 33.6. The largest absolute Gasteiger partial charge is 0.465 e. The van der Waals surface area contributed by atoms with Gasteiger partial charge in [0.05, 0.1) is 54.4 Å². The van der Waals surface area contributed by atoms with Gasteiger partial charge in [0.15, 0.2) is 0 Å². The summed E-state index contributed by atoms with van der Waals surface area (Å²) >= 11 is 0. The van der Waals surface area contributed by atoms with Gasteiger partial charge >= 0.3 is 17.9 Å². The van der Waals surface area contributed by atoms with Crippen molar-refractivity contribution in [3.05, 3.63) is 146 Å². The van der Waals surface area contributed by atoms with Crippen LogP contribution in [-0.4, -0.2) is 105 Å². The number of aliphatic hydroxyl groups excluding tert-OH is 3. The van der Waals surface area contributed by atoms with E-state index in [-0.39, 0.29) is 125 Å². The molecule has 12 saturated carbocycles. The van der Waals surface area contributed by atoms with Gasteiger partial charge in [-0.1, -0.05) is 249 Å². The lowest BCUT2D eigenvalue weighted by Crippen LogP contribution is -2.56. The summed E-state index contributed by atoms with van der Waals surface area (Å²) in [4.78, 5) is 57.8. The Morgan fingerprint density at radius 1 is 0.299 bits per heavy atom. The van der Waals surface area contributed by atoms with Crippen molar-refractivity contribution >= 4 is 17.9 Å². The van der Waals surface area contributed by atoms with Gasteiger partial charge in [0.1, 0.15) is 18.3 Å². The average molecular weight is 2030 g/mol. The monoisotopic (exact) mass is 2030 g/mol. The van der Waals surface area contributed by atoms with E-state index in [0.29, 0.717) is 104 Å². The lowest BCUT2D eigenvalue weighted by atomic mass is 9.44. The van der Waals surface area contributed by atoms with Crippen molar-refractivity contribution in [2.45, 2.75) is 469 Å². The normalized spacial score (nSPS) is 46.0. The van der Waals surface area contributed by atoms with Crippen molar-refractivity contribution in [2.75, 3.05) is 19.8 Å². The molecule has 0 heterocycles. The van der Waals surface area contributed by atoms with Gasteiger partial charge in [0.25, 0.3) is 0 Å². The van der Waals surface area contributed by atoms with Crippen molar-refractivity contribution in [2.24, 2.45) is 168 Å². The number of hydrogen-bond donors (Lipinski definition) is 6. The second-order valence-electron chi connectivity index (χ2n) is 58.0. The molecule has 0 bridgehead atoms. The van der Waals surface area contributed by atoms with Gasteiger partial charge in [-0.15, -0.1) is 39.5 Å². The third-order valence-electron chi connectivity index (χ3n) is 49.1. The first-order valence-corrected chi connectivity index (χ1v) is 59.8. The minimum atomic E-state index is -0.723. The minimum Gasteiger partial charge on any atom is -0.465 e. The number of hydrogen-bond acceptors (Lipinski definition) is 15. The third-order valence-corrected chi connectivity index (χ3v) is 49.1. The molecule has 36 unspecified atom stereocenters. The summed E-state index contributed by atoms with van der Waals surface area (Å²) in [6.45, 7) is 67.4. The maximum Gasteiger partial charge on any atom is 0.312 e. The maximum atomic E-state index is 13.9. The minimum absolute atomic E-state index is 0.0850. The van der Waals surface area contributed by atoms with Crippen LogP contribution in [0.4, 0.5) is 0 Å². The predicted molar refractivity (Wildman–Crippen MR) is 593 cm³/mol. The number of carbonyl (C=O) groups excluding carboxylic acids is 3. The Morgan fingerprint density at radius 2 is 0.537 bits per heavy atom. The lowest BCUT2D eigenvalue weighted by molar-refractivity contribution is -0.323. The van der Waals surface area contributed by atoms with E-state index in [9.17, 15) is 45.5 Å². The number of aliphatic hydroxyl groups is 3. The highest BCUT2D eigenvalue weighted by Crippen LogP contribution is 2.73. The van der Waals surface area contributed by atoms with Gasteiger partial charge in [-0.05, 0) is 366 Å². The molecule has 18 rings (SSSR count). The molecule has 6 N–H and O–H groups in total. The summed E-state index contributed by atoms with van der Waals surface area (Å²) in [5.41, 5.74) is 8.78. The lowest BCUT2D eigenvalue weighted by Gasteiger charge is -2.61. The van der Waals surface area contributed by atoms with Gasteiger partial charge < -0.3 is 29.5 Å². The average Bonchev–Trinajstić information content (AvgIpc) is 0.727. The highest BCUT2D eigenvalue weighted by molar-refractivity contribution is 5.79. The highest BCUT2D eigenvalue weighted by atomic mass is 17.1. The Morgan fingerprint density at radius 3 is 0.823 bits per heavy atom. The van der Waals surface area contributed by atoms with E-state index in [2.05, 4.69) is 237 Å². The van der Waals surface area contributed by atoms with Crippen molar-refractivity contribution in [3.63, 3.8) is 0 Å². The van der Waals surface area contributed by atoms with Crippen LogP contribution >= 0.6 is 0 Å². The zero-order valence-corrected chi connectivity index (χ0v) is 95.5. The van der Waals surface area contributed by atoms with Crippen LogP contribution in [0.25, 0.3) is 0 Å². The molecule has 0 radical (unpaired) electrons. The van der Waals surface area contributed by atoms with E-state index in [4.69, 9.17) is 28.9 Å². The van der Waals surface area contributed by atoms with Crippen molar-refractivity contribution in [1.82, 2.24) is 0 Å². The van der Waals surface area contributed by atoms with E-state index in [1.807, 2.05) is 0 Å². The molecule has 147 heavy (non-hydrogen) atoms. The van der Waals surface area contributed by atoms with Gasteiger partial charge in [-0.2, -0.15) is 0 Å². The van der Waals surface area contributed by atoms with E-state index in [0.717, 1.165) is 186 Å². The summed E-state index contributed by atoms with van der Waals surface area (Å²) in [5, 5.41) is 65.0. The smallest absolute Gasteiger partial charge is 0.312 e. The first-order valence-electron chi connectivity index (χ1n) is 59.8. The molecule has 0 amide bonds. The molecule has 0 aromatic heterocycles.